The Balaban J connectivity index is 1.50. The molecule has 0 aliphatic carbocycles. The summed E-state index contributed by atoms with van der Waals surface area (Å²) in [6.45, 7) is -0.132. The molecule has 8 nitrogen and oxygen atoms in total. The lowest BCUT2D eigenvalue weighted by Crippen LogP contribution is -2.33. The number of ether oxygens (including phenoxy) is 2. The van der Waals surface area contributed by atoms with Gasteiger partial charge in [-0.3, -0.25) is 9.59 Å². The maximum atomic E-state index is 12.2. The minimum atomic E-state index is -0.573. The fraction of sp³-hybridized carbons (Fsp3) is 0.136. The van der Waals surface area contributed by atoms with E-state index in [4.69, 9.17) is 9.15 Å². The first-order valence-electron chi connectivity index (χ1n) is 9.09. The van der Waals surface area contributed by atoms with Crippen LogP contribution in [0.2, 0.25) is 0 Å². The first-order valence-corrected chi connectivity index (χ1v) is 9.09. The minimum absolute atomic E-state index is 0.0597. The molecule has 0 saturated heterocycles. The van der Waals surface area contributed by atoms with Gasteiger partial charge in [-0.05, 0) is 36.4 Å². The highest BCUT2D eigenvalue weighted by Gasteiger charge is 2.15. The summed E-state index contributed by atoms with van der Waals surface area (Å²) in [5, 5.41) is 5.04. The number of anilines is 1. The number of esters is 1. The smallest absolute Gasteiger partial charge is 0.339 e. The third-order valence-electron chi connectivity index (χ3n) is 4.03. The summed E-state index contributed by atoms with van der Waals surface area (Å²) in [7, 11) is 1.25. The maximum Gasteiger partial charge on any atom is 0.339 e. The van der Waals surface area contributed by atoms with Crippen molar-refractivity contribution in [2.24, 2.45) is 0 Å². The Morgan fingerprint density at radius 1 is 0.933 bits per heavy atom. The fourth-order valence-electron chi connectivity index (χ4n) is 2.57. The Hall–Kier alpha value is -4.07. The zero-order chi connectivity index (χ0) is 21.3. The van der Waals surface area contributed by atoms with Gasteiger partial charge in [-0.2, -0.15) is 0 Å². The lowest BCUT2D eigenvalue weighted by Gasteiger charge is -2.10. The molecule has 2 aromatic carbocycles. The average Bonchev–Trinajstić information content (AvgIpc) is 3.26. The first-order chi connectivity index (χ1) is 14.6. The molecular weight excluding hydrogens is 388 g/mol. The molecule has 2 amide bonds. The van der Waals surface area contributed by atoms with Crippen LogP contribution in [0.1, 0.15) is 26.7 Å². The molecule has 0 fully saturated rings. The summed E-state index contributed by atoms with van der Waals surface area (Å²) < 4.78 is 15.7. The van der Waals surface area contributed by atoms with Crippen LogP contribution in [-0.2, 0) is 16.1 Å². The van der Waals surface area contributed by atoms with Gasteiger partial charge in [0.2, 0.25) is 5.91 Å². The molecule has 0 unspecified atom stereocenters. The van der Waals surface area contributed by atoms with E-state index in [1.165, 1.54) is 19.2 Å². The Labute approximate surface area is 172 Å². The Morgan fingerprint density at radius 3 is 2.43 bits per heavy atom. The summed E-state index contributed by atoms with van der Waals surface area (Å²) in [4.78, 5) is 36.1. The molecule has 0 aliphatic rings. The van der Waals surface area contributed by atoms with Crippen LogP contribution in [0.5, 0.6) is 5.75 Å². The average molecular weight is 408 g/mol. The van der Waals surface area contributed by atoms with Gasteiger partial charge in [0.15, 0.2) is 5.76 Å². The molecule has 3 aromatic rings. The van der Waals surface area contributed by atoms with Gasteiger partial charge in [0, 0.05) is 0 Å². The highest BCUT2D eigenvalue weighted by molar-refractivity contribution is 6.03. The zero-order valence-corrected chi connectivity index (χ0v) is 16.2. The lowest BCUT2D eigenvalue weighted by atomic mass is 10.2. The van der Waals surface area contributed by atoms with Gasteiger partial charge in [0.05, 0.1) is 24.9 Å². The summed E-state index contributed by atoms with van der Waals surface area (Å²) in [6, 6.07) is 18.8. The van der Waals surface area contributed by atoms with Gasteiger partial charge in [0.25, 0.3) is 5.91 Å². The van der Waals surface area contributed by atoms with Gasteiger partial charge in [-0.15, -0.1) is 0 Å². The lowest BCUT2D eigenvalue weighted by molar-refractivity contribution is -0.115. The largest absolute Gasteiger partial charge is 0.486 e. The van der Waals surface area contributed by atoms with Gasteiger partial charge < -0.3 is 24.5 Å². The third kappa shape index (κ3) is 5.48. The van der Waals surface area contributed by atoms with Gasteiger partial charge in [-0.1, -0.05) is 30.3 Å². The van der Waals surface area contributed by atoms with Crippen molar-refractivity contribution in [2.75, 3.05) is 19.0 Å². The van der Waals surface area contributed by atoms with Crippen LogP contribution in [0.3, 0.4) is 0 Å². The monoisotopic (exact) mass is 408 g/mol. The molecule has 0 atom stereocenters. The number of furan rings is 1. The third-order valence-corrected chi connectivity index (χ3v) is 4.03. The highest BCUT2D eigenvalue weighted by atomic mass is 16.5. The van der Waals surface area contributed by atoms with E-state index < -0.39 is 17.8 Å². The molecule has 0 spiro atoms. The van der Waals surface area contributed by atoms with Crippen molar-refractivity contribution in [1.82, 2.24) is 5.32 Å². The Kier molecular flexibility index (Phi) is 6.83. The van der Waals surface area contributed by atoms with E-state index in [1.54, 1.807) is 24.3 Å². The van der Waals surface area contributed by atoms with Crippen LogP contribution in [0.4, 0.5) is 5.69 Å². The van der Waals surface area contributed by atoms with Crippen LogP contribution < -0.4 is 15.4 Å². The van der Waals surface area contributed by atoms with E-state index >= 15 is 0 Å². The standard InChI is InChI=1S/C22H20N2O6/c1-28-22(27)17-9-5-6-10-18(17)24-20(25)13-23-21(26)19-12-11-16(30-19)14-29-15-7-3-2-4-8-15/h2-12H,13-14H2,1H3,(H,23,26)(H,24,25). The van der Waals surface area contributed by atoms with E-state index in [9.17, 15) is 14.4 Å². The van der Waals surface area contributed by atoms with Crippen molar-refractivity contribution in [3.05, 3.63) is 83.8 Å². The Bertz CT molecular complexity index is 1030. The molecule has 0 aliphatic heterocycles. The van der Waals surface area contributed by atoms with Crippen molar-refractivity contribution < 1.29 is 28.3 Å². The van der Waals surface area contributed by atoms with Crippen LogP contribution in [0, 0.1) is 0 Å². The molecule has 2 N–H and O–H groups in total. The number of para-hydroxylation sites is 2. The van der Waals surface area contributed by atoms with E-state index in [0.29, 0.717) is 17.2 Å². The van der Waals surface area contributed by atoms with Gasteiger partial charge in [0.1, 0.15) is 18.1 Å². The first kappa shape index (κ1) is 20.7. The summed E-state index contributed by atoms with van der Waals surface area (Å²) in [5.74, 6) is -0.402. The molecule has 0 bridgehead atoms. The summed E-state index contributed by atoms with van der Waals surface area (Å²) in [6.07, 6.45) is 0. The zero-order valence-electron chi connectivity index (χ0n) is 16.2. The number of carbonyl (C=O) groups is 3. The second-order valence-electron chi connectivity index (χ2n) is 6.14. The molecule has 30 heavy (non-hydrogen) atoms. The predicted molar refractivity (Wildman–Crippen MR) is 108 cm³/mol. The molecule has 0 saturated carbocycles. The van der Waals surface area contributed by atoms with Crippen LogP contribution in [0.15, 0.2) is 71.1 Å². The van der Waals surface area contributed by atoms with E-state index in [2.05, 4.69) is 15.4 Å². The molecule has 8 heteroatoms. The van der Waals surface area contributed by atoms with Crippen molar-refractivity contribution >= 4 is 23.5 Å². The van der Waals surface area contributed by atoms with Gasteiger partial charge >= 0.3 is 5.97 Å². The fourth-order valence-corrected chi connectivity index (χ4v) is 2.57. The van der Waals surface area contributed by atoms with Crippen LogP contribution >= 0.6 is 0 Å². The van der Waals surface area contributed by atoms with Crippen molar-refractivity contribution in [3.8, 4) is 5.75 Å². The number of amides is 2. The van der Waals surface area contributed by atoms with Crippen molar-refractivity contribution in [2.45, 2.75) is 6.61 Å². The molecule has 154 valence electrons. The summed E-state index contributed by atoms with van der Waals surface area (Å²) >= 11 is 0. The number of rotatable bonds is 8. The molecule has 3 rings (SSSR count). The molecule has 0 radical (unpaired) electrons. The quantitative estimate of drug-likeness (QED) is 0.555. The molecular formula is C22H20N2O6. The van der Waals surface area contributed by atoms with Crippen molar-refractivity contribution in [3.63, 3.8) is 0 Å². The number of nitrogens with one attached hydrogen (secondary N) is 2. The Morgan fingerprint density at radius 2 is 1.67 bits per heavy atom. The number of carbonyl (C=O) groups excluding carboxylic acids is 3. The van der Waals surface area contributed by atoms with E-state index in [1.807, 2.05) is 30.3 Å². The van der Waals surface area contributed by atoms with E-state index in [0.717, 1.165) is 0 Å². The van der Waals surface area contributed by atoms with Gasteiger partial charge in [-0.25, -0.2) is 4.79 Å². The van der Waals surface area contributed by atoms with Crippen LogP contribution in [0.25, 0.3) is 0 Å². The summed E-state index contributed by atoms with van der Waals surface area (Å²) in [5.41, 5.74) is 0.510. The molecule has 1 heterocycles. The van der Waals surface area contributed by atoms with Crippen molar-refractivity contribution in [1.29, 1.82) is 0 Å². The SMILES string of the molecule is COC(=O)c1ccccc1NC(=O)CNC(=O)c1ccc(COc2ccccc2)o1. The number of hydrogen-bond acceptors (Lipinski definition) is 6. The highest BCUT2D eigenvalue weighted by Crippen LogP contribution is 2.16. The van der Waals surface area contributed by atoms with Crippen LogP contribution in [-0.4, -0.2) is 31.4 Å². The second-order valence-corrected chi connectivity index (χ2v) is 6.14. The minimum Gasteiger partial charge on any atom is -0.486 e. The molecule has 1 aromatic heterocycles. The normalized spacial score (nSPS) is 10.2. The predicted octanol–water partition coefficient (Wildman–Crippen LogP) is 3.01. The number of methoxy groups -OCH3 is 1. The number of benzene rings is 2. The maximum absolute atomic E-state index is 12.2. The van der Waals surface area contributed by atoms with E-state index in [-0.39, 0.29) is 24.5 Å². The number of hydrogen-bond donors (Lipinski definition) is 2. The second kappa shape index (κ2) is 9.92. The topological polar surface area (TPSA) is 107 Å².